The van der Waals surface area contributed by atoms with Gasteiger partial charge in [-0.1, -0.05) is 17.7 Å². The van der Waals surface area contributed by atoms with Crippen LogP contribution in [0.5, 0.6) is 5.75 Å². The minimum atomic E-state index is -5.08. The number of amides is 1. The maximum Gasteiger partial charge on any atom is 0.490 e. The normalized spacial score (nSPS) is 10.9. The fourth-order valence-electron chi connectivity index (χ4n) is 2.55. The van der Waals surface area contributed by atoms with E-state index in [-0.39, 0.29) is 17.0 Å². The lowest BCUT2D eigenvalue weighted by atomic mass is 10.1. The number of esters is 1. The number of hydrogen-bond acceptors (Lipinski definition) is 6. The summed E-state index contributed by atoms with van der Waals surface area (Å²) in [5.74, 6) is -7.21. The van der Waals surface area contributed by atoms with E-state index in [4.69, 9.17) is 36.7 Å². The Bertz CT molecular complexity index is 1240. The topological polar surface area (TPSA) is 116 Å². The molecule has 0 saturated carbocycles. The highest BCUT2D eigenvalue weighted by Gasteiger charge is 2.38. The molecule has 2 aromatic carbocycles. The number of rotatable bonds is 5. The average molecular weight is 526 g/mol. The van der Waals surface area contributed by atoms with E-state index in [1.807, 2.05) is 0 Å². The third-order valence-corrected chi connectivity index (χ3v) is 5.51. The number of carbonyl (C=O) groups excluding carboxylic acids is 2. The van der Waals surface area contributed by atoms with Crippen molar-refractivity contribution in [2.45, 2.75) is 12.8 Å². The van der Waals surface area contributed by atoms with Crippen molar-refractivity contribution in [3.05, 3.63) is 63.0 Å². The van der Waals surface area contributed by atoms with Crippen LogP contribution in [-0.4, -0.2) is 36.2 Å². The van der Waals surface area contributed by atoms with Crippen LogP contribution in [0.2, 0.25) is 5.02 Å². The van der Waals surface area contributed by atoms with Crippen molar-refractivity contribution < 1.29 is 50.9 Å². The molecule has 0 aliphatic carbocycles. The Balaban J connectivity index is 0.000000509. The summed E-state index contributed by atoms with van der Waals surface area (Å²) in [6.07, 6.45) is -5.08. The number of alkyl halides is 3. The highest BCUT2D eigenvalue weighted by Crippen LogP contribution is 2.37. The molecule has 0 bridgehead atoms. The van der Waals surface area contributed by atoms with Crippen LogP contribution in [0.15, 0.2) is 30.3 Å². The van der Waals surface area contributed by atoms with Crippen molar-refractivity contribution in [2.75, 3.05) is 7.11 Å². The lowest BCUT2D eigenvalue weighted by Crippen LogP contribution is -2.21. The second-order valence-electron chi connectivity index (χ2n) is 6.24. The van der Waals surface area contributed by atoms with Gasteiger partial charge in [0.25, 0.3) is 0 Å². The van der Waals surface area contributed by atoms with Crippen LogP contribution in [0.4, 0.5) is 22.0 Å². The Kier molecular flexibility index (Phi) is 8.40. The Morgan fingerprint density at radius 1 is 1.15 bits per heavy atom. The van der Waals surface area contributed by atoms with Gasteiger partial charge in [-0.25, -0.2) is 18.4 Å². The molecule has 3 aromatic rings. The summed E-state index contributed by atoms with van der Waals surface area (Å²) >= 11 is 7.36. The predicted molar refractivity (Wildman–Crippen MR) is 111 cm³/mol. The predicted octanol–water partition coefficient (Wildman–Crippen LogP) is 4.93. The fourth-order valence-corrected chi connectivity index (χ4v) is 4.04. The van der Waals surface area contributed by atoms with Crippen LogP contribution in [-0.2, 0) is 16.1 Å². The lowest BCUT2D eigenvalue weighted by Gasteiger charge is -2.10. The number of carbonyl (C=O) groups is 3. The van der Waals surface area contributed by atoms with Crippen LogP contribution in [0.25, 0.3) is 10.1 Å². The van der Waals surface area contributed by atoms with E-state index in [2.05, 4.69) is 0 Å². The van der Waals surface area contributed by atoms with Crippen molar-refractivity contribution in [2.24, 2.45) is 5.73 Å². The molecule has 0 atom stereocenters. The van der Waals surface area contributed by atoms with Crippen LogP contribution >= 0.6 is 22.9 Å². The van der Waals surface area contributed by atoms with E-state index >= 15 is 0 Å². The second-order valence-corrected chi connectivity index (χ2v) is 7.70. The molecule has 0 aliphatic heterocycles. The molecule has 1 heterocycles. The van der Waals surface area contributed by atoms with Gasteiger partial charge in [-0.15, -0.1) is 11.3 Å². The van der Waals surface area contributed by atoms with Crippen LogP contribution in [0.3, 0.4) is 0 Å². The lowest BCUT2D eigenvalue weighted by molar-refractivity contribution is -0.192. The zero-order valence-electron chi connectivity index (χ0n) is 16.8. The van der Waals surface area contributed by atoms with Gasteiger partial charge in [-0.05, 0) is 24.3 Å². The number of ether oxygens (including phenoxy) is 2. The molecule has 0 unspecified atom stereocenters. The first kappa shape index (κ1) is 26.8. The summed E-state index contributed by atoms with van der Waals surface area (Å²) in [7, 11) is 1.22. The molecule has 1 amide bonds. The molecule has 0 fully saturated rings. The molecule has 3 N–H and O–H groups in total. The van der Waals surface area contributed by atoms with Gasteiger partial charge >= 0.3 is 18.1 Å². The standard InChI is InChI=1S/C18H12ClF2NO4S.C2HF3O2/c1-25-18(24)16-9(14-10(19)3-2-4-13(14)27-16)7-26-15-11(20)5-8(17(22)23)6-12(15)21;3-2(4,5)1(6)7/h2-6H,7H2,1H3,(H2,22,23);(H,6,7). The summed E-state index contributed by atoms with van der Waals surface area (Å²) in [4.78, 5) is 32.3. The number of methoxy groups -OCH3 is 1. The summed E-state index contributed by atoms with van der Waals surface area (Å²) in [6.45, 7) is -0.335. The second kappa shape index (κ2) is 10.7. The van der Waals surface area contributed by atoms with Gasteiger partial charge in [-0.3, -0.25) is 4.79 Å². The molecule has 14 heteroatoms. The molecular formula is C20H13ClF5NO6S. The number of primary amides is 1. The van der Waals surface area contributed by atoms with Gasteiger partial charge in [-0.2, -0.15) is 13.2 Å². The van der Waals surface area contributed by atoms with Crippen molar-refractivity contribution in [1.82, 2.24) is 0 Å². The van der Waals surface area contributed by atoms with Crippen molar-refractivity contribution in [3.63, 3.8) is 0 Å². The van der Waals surface area contributed by atoms with E-state index in [9.17, 15) is 31.5 Å². The van der Waals surface area contributed by atoms with Crippen molar-refractivity contribution in [3.8, 4) is 5.75 Å². The molecule has 1 aromatic heterocycles. The molecule has 34 heavy (non-hydrogen) atoms. The van der Waals surface area contributed by atoms with Gasteiger partial charge in [0.1, 0.15) is 11.5 Å². The maximum absolute atomic E-state index is 14.1. The third kappa shape index (κ3) is 6.11. The number of carboxylic acids is 1. The zero-order chi connectivity index (χ0) is 25.8. The van der Waals surface area contributed by atoms with E-state index in [1.165, 1.54) is 7.11 Å². The van der Waals surface area contributed by atoms with E-state index < -0.39 is 41.4 Å². The maximum atomic E-state index is 14.1. The van der Waals surface area contributed by atoms with Gasteiger partial charge in [0.2, 0.25) is 5.91 Å². The highest BCUT2D eigenvalue weighted by molar-refractivity contribution is 7.21. The number of nitrogens with two attached hydrogens (primary N) is 1. The molecule has 3 rings (SSSR count). The number of halogens is 6. The Morgan fingerprint density at radius 3 is 2.18 bits per heavy atom. The summed E-state index contributed by atoms with van der Waals surface area (Å²) in [6, 6.07) is 6.66. The van der Waals surface area contributed by atoms with Gasteiger partial charge in [0.15, 0.2) is 17.4 Å². The molecule has 0 saturated heterocycles. The van der Waals surface area contributed by atoms with Crippen molar-refractivity contribution >= 4 is 50.9 Å². The fraction of sp³-hybridized carbons (Fsp3) is 0.150. The number of fused-ring (bicyclic) bond motifs is 1. The first-order valence-corrected chi connectivity index (χ1v) is 9.97. The molecular weight excluding hydrogens is 513 g/mol. The largest absolute Gasteiger partial charge is 0.490 e. The monoisotopic (exact) mass is 525 g/mol. The minimum absolute atomic E-state index is 0.218. The van der Waals surface area contributed by atoms with E-state index in [1.54, 1.807) is 18.2 Å². The van der Waals surface area contributed by atoms with E-state index in [0.717, 1.165) is 23.5 Å². The Morgan fingerprint density at radius 2 is 1.71 bits per heavy atom. The molecule has 0 radical (unpaired) electrons. The molecule has 182 valence electrons. The van der Waals surface area contributed by atoms with Crippen LogP contribution in [0.1, 0.15) is 25.6 Å². The highest BCUT2D eigenvalue weighted by atomic mass is 35.5. The smallest absolute Gasteiger partial charge is 0.483 e. The number of aliphatic carboxylic acids is 1. The average Bonchev–Trinajstić information content (AvgIpc) is 3.12. The first-order valence-electron chi connectivity index (χ1n) is 8.77. The van der Waals surface area contributed by atoms with Gasteiger partial charge < -0.3 is 20.3 Å². The molecule has 7 nitrogen and oxygen atoms in total. The number of thiophene rings is 1. The minimum Gasteiger partial charge on any atom is -0.483 e. The van der Waals surface area contributed by atoms with Crippen molar-refractivity contribution in [1.29, 1.82) is 0 Å². The van der Waals surface area contributed by atoms with Crippen LogP contribution in [0, 0.1) is 11.6 Å². The van der Waals surface area contributed by atoms with Gasteiger partial charge in [0.05, 0.1) is 7.11 Å². The number of carboxylic acid groups (broad SMARTS) is 1. The van der Waals surface area contributed by atoms with Crippen LogP contribution < -0.4 is 10.5 Å². The number of hydrogen-bond donors (Lipinski definition) is 2. The molecule has 0 spiro atoms. The zero-order valence-corrected chi connectivity index (χ0v) is 18.4. The number of benzene rings is 2. The quantitative estimate of drug-likeness (QED) is 0.360. The summed E-state index contributed by atoms with van der Waals surface area (Å²) < 4.78 is 70.7. The van der Waals surface area contributed by atoms with Gasteiger partial charge in [0, 0.05) is 26.2 Å². The Hall–Kier alpha value is -3.45. The SMILES string of the molecule is COC(=O)c1sc2cccc(Cl)c2c1COc1c(F)cc(C(N)=O)cc1F.O=C(O)C(F)(F)F. The summed E-state index contributed by atoms with van der Waals surface area (Å²) in [5.41, 5.74) is 5.05. The Labute approximate surface area is 196 Å². The van der Waals surface area contributed by atoms with E-state index in [0.29, 0.717) is 20.7 Å². The summed E-state index contributed by atoms with van der Waals surface area (Å²) in [5, 5.41) is 8.03. The molecule has 0 aliphatic rings. The third-order valence-electron chi connectivity index (χ3n) is 4.02. The first-order chi connectivity index (χ1) is 15.8.